The average Bonchev–Trinajstić information content (AvgIpc) is 2.75. The average molecular weight is 501 g/mol. The van der Waals surface area contributed by atoms with Crippen molar-refractivity contribution in [2.75, 3.05) is 39.5 Å². The maximum atomic E-state index is 12.8. The van der Waals surface area contributed by atoms with Gasteiger partial charge in [0, 0.05) is 19.6 Å². The SMILES string of the molecule is CCOC(=O)N(CCCOC(F)(F)C(F)(F)F)CCOc1ccc(CC(OCC)C(=O)O)cc1. The summed E-state index contributed by atoms with van der Waals surface area (Å²) in [5.41, 5.74) is 0.706. The number of aliphatic carboxylic acids is 1. The second-order valence-electron chi connectivity index (χ2n) is 6.88. The van der Waals surface area contributed by atoms with E-state index in [0.717, 1.165) is 4.90 Å². The minimum absolute atomic E-state index is 0.0194. The quantitative estimate of drug-likeness (QED) is 0.285. The largest absolute Gasteiger partial charge is 0.492 e. The highest BCUT2D eigenvalue weighted by Crippen LogP contribution is 2.36. The number of hydrogen-bond acceptors (Lipinski definition) is 6. The number of carboxylic acid groups (broad SMARTS) is 1. The van der Waals surface area contributed by atoms with Gasteiger partial charge < -0.3 is 29.0 Å². The summed E-state index contributed by atoms with van der Waals surface area (Å²) in [7, 11) is 0. The van der Waals surface area contributed by atoms with Gasteiger partial charge in [0.05, 0.1) is 19.8 Å². The van der Waals surface area contributed by atoms with Crippen LogP contribution in [0.4, 0.5) is 26.7 Å². The third-order valence-electron chi connectivity index (χ3n) is 4.33. The number of nitrogens with zero attached hydrogens (tertiary/aromatic N) is 1. The van der Waals surface area contributed by atoms with Crippen molar-refractivity contribution in [3.8, 4) is 5.75 Å². The highest BCUT2D eigenvalue weighted by molar-refractivity contribution is 5.72. The van der Waals surface area contributed by atoms with Gasteiger partial charge in [-0.1, -0.05) is 12.1 Å². The van der Waals surface area contributed by atoms with Crippen molar-refractivity contribution >= 4 is 12.1 Å². The number of carbonyl (C=O) groups is 2. The van der Waals surface area contributed by atoms with E-state index in [2.05, 4.69) is 4.74 Å². The summed E-state index contributed by atoms with van der Waals surface area (Å²) in [4.78, 5) is 24.3. The van der Waals surface area contributed by atoms with E-state index in [4.69, 9.17) is 19.3 Å². The van der Waals surface area contributed by atoms with Gasteiger partial charge in [0.25, 0.3) is 0 Å². The van der Waals surface area contributed by atoms with Gasteiger partial charge in [-0.25, -0.2) is 9.59 Å². The zero-order valence-electron chi connectivity index (χ0n) is 18.8. The van der Waals surface area contributed by atoms with Crippen LogP contribution in [0.3, 0.4) is 0 Å². The fourth-order valence-electron chi connectivity index (χ4n) is 2.67. The van der Waals surface area contributed by atoms with Crippen LogP contribution < -0.4 is 4.74 Å². The number of halogens is 5. The van der Waals surface area contributed by atoms with E-state index < -0.39 is 37.1 Å². The first-order valence-corrected chi connectivity index (χ1v) is 10.5. The molecule has 0 spiro atoms. The first-order valence-electron chi connectivity index (χ1n) is 10.5. The summed E-state index contributed by atoms with van der Waals surface area (Å²) in [5.74, 6) is -0.655. The topological polar surface area (TPSA) is 94.5 Å². The Labute approximate surface area is 193 Å². The van der Waals surface area contributed by atoms with Crippen molar-refractivity contribution in [3.05, 3.63) is 29.8 Å². The Morgan fingerprint density at radius 2 is 1.65 bits per heavy atom. The van der Waals surface area contributed by atoms with Gasteiger partial charge in [-0.05, 0) is 38.0 Å². The van der Waals surface area contributed by atoms with Crippen molar-refractivity contribution < 1.29 is 55.6 Å². The van der Waals surface area contributed by atoms with Gasteiger partial charge in [-0.2, -0.15) is 22.0 Å². The fraction of sp³-hybridized carbons (Fsp3) is 0.619. The minimum atomic E-state index is -5.82. The molecule has 1 N–H and O–H groups in total. The van der Waals surface area contributed by atoms with Gasteiger partial charge in [-0.3, -0.25) is 0 Å². The molecular formula is C21H28F5NO7. The van der Waals surface area contributed by atoms with E-state index >= 15 is 0 Å². The summed E-state index contributed by atoms with van der Waals surface area (Å²) in [6.07, 6.45) is -13.0. The number of carbonyl (C=O) groups excluding carboxylic acids is 1. The molecule has 0 bridgehead atoms. The molecule has 1 rings (SSSR count). The number of carboxylic acids is 1. The lowest BCUT2D eigenvalue weighted by Crippen LogP contribution is -2.40. The van der Waals surface area contributed by atoms with E-state index in [1.807, 2.05) is 0 Å². The van der Waals surface area contributed by atoms with Gasteiger partial charge in [-0.15, -0.1) is 0 Å². The van der Waals surface area contributed by atoms with Crippen LogP contribution in [-0.2, 0) is 25.4 Å². The standard InChI is InChI=1S/C21H28F5NO7/c1-3-31-17(18(28)29)14-15-6-8-16(9-7-15)33-13-11-27(19(30)32-4-2)10-5-12-34-21(25,26)20(22,23)24/h6-9,17H,3-5,10-14H2,1-2H3,(H,28,29). The smallest absolute Gasteiger partial charge is 0.482 e. The van der Waals surface area contributed by atoms with Crippen molar-refractivity contribution in [2.24, 2.45) is 0 Å². The van der Waals surface area contributed by atoms with Crippen LogP contribution in [0.5, 0.6) is 5.75 Å². The predicted molar refractivity (Wildman–Crippen MR) is 109 cm³/mol. The lowest BCUT2D eigenvalue weighted by Gasteiger charge is -2.23. The molecular weight excluding hydrogens is 473 g/mol. The van der Waals surface area contributed by atoms with Gasteiger partial charge in [0.1, 0.15) is 12.4 Å². The highest BCUT2D eigenvalue weighted by Gasteiger charge is 2.59. The second-order valence-corrected chi connectivity index (χ2v) is 6.88. The van der Waals surface area contributed by atoms with Crippen LogP contribution in [0.1, 0.15) is 25.8 Å². The molecule has 1 atom stereocenters. The Morgan fingerprint density at radius 1 is 1.00 bits per heavy atom. The number of hydrogen-bond donors (Lipinski definition) is 1. The van der Waals surface area contributed by atoms with Crippen molar-refractivity contribution in [1.29, 1.82) is 0 Å². The molecule has 1 aromatic carbocycles. The second kappa shape index (κ2) is 13.9. The molecule has 0 aliphatic carbocycles. The molecule has 34 heavy (non-hydrogen) atoms. The molecule has 0 saturated heterocycles. The minimum Gasteiger partial charge on any atom is -0.492 e. The maximum Gasteiger partial charge on any atom is 0.482 e. The molecule has 0 fully saturated rings. The molecule has 8 nitrogen and oxygen atoms in total. The van der Waals surface area contributed by atoms with E-state index in [1.165, 1.54) is 0 Å². The Balaban J connectivity index is 2.56. The van der Waals surface area contributed by atoms with Crippen LogP contribution >= 0.6 is 0 Å². The molecule has 0 aromatic heterocycles. The Morgan fingerprint density at radius 3 is 2.18 bits per heavy atom. The number of rotatable bonds is 15. The zero-order valence-corrected chi connectivity index (χ0v) is 18.8. The predicted octanol–water partition coefficient (Wildman–Crippen LogP) is 4.12. The molecule has 13 heteroatoms. The third kappa shape index (κ3) is 10.1. The molecule has 1 amide bonds. The van der Waals surface area contributed by atoms with Crippen LogP contribution in [0, 0.1) is 0 Å². The van der Waals surface area contributed by atoms with Crippen molar-refractivity contribution in [1.82, 2.24) is 4.90 Å². The lowest BCUT2D eigenvalue weighted by atomic mass is 10.1. The van der Waals surface area contributed by atoms with Crippen LogP contribution in [0.2, 0.25) is 0 Å². The third-order valence-corrected chi connectivity index (χ3v) is 4.33. The molecule has 0 heterocycles. The van der Waals surface area contributed by atoms with Gasteiger partial charge in [0.2, 0.25) is 0 Å². The number of ether oxygens (including phenoxy) is 4. The summed E-state index contributed by atoms with van der Waals surface area (Å²) < 4.78 is 81.1. The molecule has 0 saturated carbocycles. The normalized spacial score (nSPS) is 12.8. The van der Waals surface area contributed by atoms with E-state index in [-0.39, 0.29) is 45.8 Å². The number of amides is 1. The van der Waals surface area contributed by atoms with Gasteiger partial charge >= 0.3 is 24.3 Å². The fourth-order valence-corrected chi connectivity index (χ4v) is 2.67. The van der Waals surface area contributed by atoms with Crippen molar-refractivity contribution in [3.63, 3.8) is 0 Å². The van der Waals surface area contributed by atoms with Crippen molar-refractivity contribution in [2.45, 2.75) is 45.1 Å². The molecule has 0 aliphatic rings. The summed E-state index contributed by atoms with van der Waals surface area (Å²) in [6, 6.07) is 6.51. The van der Waals surface area contributed by atoms with Gasteiger partial charge in [0.15, 0.2) is 6.10 Å². The molecule has 0 radical (unpaired) electrons. The van der Waals surface area contributed by atoms with E-state index in [0.29, 0.717) is 11.3 Å². The summed E-state index contributed by atoms with van der Waals surface area (Å²) in [5, 5.41) is 9.14. The molecule has 1 unspecified atom stereocenters. The Kier molecular flexibility index (Phi) is 12.0. The van der Waals surface area contributed by atoms with Crippen LogP contribution in [-0.4, -0.2) is 80.0 Å². The number of alkyl halides is 5. The summed E-state index contributed by atoms with van der Waals surface area (Å²) in [6.45, 7) is 2.38. The maximum absolute atomic E-state index is 12.8. The first kappa shape index (κ1) is 29.4. The van der Waals surface area contributed by atoms with Crippen LogP contribution in [0.25, 0.3) is 0 Å². The monoisotopic (exact) mass is 501 g/mol. The molecule has 1 aromatic rings. The first-order chi connectivity index (χ1) is 15.9. The Hall–Kier alpha value is -2.67. The highest BCUT2D eigenvalue weighted by atomic mass is 19.4. The van der Waals surface area contributed by atoms with Crippen LogP contribution in [0.15, 0.2) is 24.3 Å². The number of benzene rings is 1. The summed E-state index contributed by atoms with van der Waals surface area (Å²) >= 11 is 0. The van der Waals surface area contributed by atoms with E-state index in [9.17, 15) is 31.5 Å². The molecule has 0 aliphatic heterocycles. The molecule has 194 valence electrons. The van der Waals surface area contributed by atoms with E-state index in [1.54, 1.807) is 38.1 Å². The Bertz CT molecular complexity index is 759. The zero-order chi connectivity index (χ0) is 25.8. The lowest BCUT2D eigenvalue weighted by molar-refractivity contribution is -0.391.